The Kier molecular flexibility index (Phi) is 4.56. The minimum absolute atomic E-state index is 0.314. The van der Waals surface area contributed by atoms with Gasteiger partial charge in [-0.25, -0.2) is 4.39 Å². The van der Waals surface area contributed by atoms with Crippen molar-refractivity contribution < 1.29 is 14.2 Å². The lowest BCUT2D eigenvalue weighted by molar-refractivity contribution is 0.173. The van der Waals surface area contributed by atoms with E-state index in [9.17, 15) is 9.50 Å². The standard InChI is InChI=1S/C15H14BrFO2/c1-19-15-7-6-10(8-12(15)16)9-14(18)11-4-2-3-5-13(11)17/h2-8,14,18H,9H2,1H3. The van der Waals surface area contributed by atoms with Crippen LogP contribution < -0.4 is 4.74 Å². The zero-order valence-corrected chi connectivity index (χ0v) is 12.0. The lowest BCUT2D eigenvalue weighted by Crippen LogP contribution is -2.04. The molecule has 2 aromatic carbocycles. The van der Waals surface area contributed by atoms with Crippen LogP contribution in [0.2, 0.25) is 0 Å². The summed E-state index contributed by atoms with van der Waals surface area (Å²) in [5.74, 6) is 0.340. The van der Waals surface area contributed by atoms with Crippen molar-refractivity contribution in [3.63, 3.8) is 0 Å². The van der Waals surface area contributed by atoms with Gasteiger partial charge in [-0.1, -0.05) is 24.3 Å². The second-order valence-electron chi connectivity index (χ2n) is 4.21. The predicted molar refractivity (Wildman–Crippen MR) is 75.8 cm³/mol. The topological polar surface area (TPSA) is 29.5 Å². The van der Waals surface area contributed by atoms with Gasteiger partial charge in [0.05, 0.1) is 17.7 Å². The van der Waals surface area contributed by atoms with Crippen molar-refractivity contribution in [2.24, 2.45) is 0 Å². The van der Waals surface area contributed by atoms with E-state index in [1.54, 1.807) is 25.3 Å². The molecule has 0 radical (unpaired) electrons. The monoisotopic (exact) mass is 324 g/mol. The maximum Gasteiger partial charge on any atom is 0.133 e. The number of hydrogen-bond acceptors (Lipinski definition) is 2. The maximum absolute atomic E-state index is 13.6. The van der Waals surface area contributed by atoms with Crippen molar-refractivity contribution in [2.75, 3.05) is 7.11 Å². The molecule has 0 saturated carbocycles. The third-order valence-electron chi connectivity index (χ3n) is 2.91. The van der Waals surface area contributed by atoms with Crippen LogP contribution in [0.4, 0.5) is 4.39 Å². The number of aliphatic hydroxyl groups excluding tert-OH is 1. The summed E-state index contributed by atoms with van der Waals surface area (Å²) in [5.41, 5.74) is 1.22. The second-order valence-corrected chi connectivity index (χ2v) is 5.06. The fraction of sp³-hybridized carbons (Fsp3) is 0.200. The summed E-state index contributed by atoms with van der Waals surface area (Å²) in [6.07, 6.45) is -0.509. The van der Waals surface area contributed by atoms with Gasteiger partial charge in [0, 0.05) is 12.0 Å². The van der Waals surface area contributed by atoms with Crippen LogP contribution in [0.1, 0.15) is 17.2 Å². The zero-order chi connectivity index (χ0) is 13.8. The average molecular weight is 325 g/mol. The number of hydrogen-bond donors (Lipinski definition) is 1. The fourth-order valence-electron chi connectivity index (χ4n) is 1.92. The van der Waals surface area contributed by atoms with Gasteiger partial charge in [-0.3, -0.25) is 0 Å². The first-order chi connectivity index (χ1) is 9.11. The Labute approximate surface area is 120 Å². The summed E-state index contributed by atoms with van der Waals surface area (Å²) in [7, 11) is 1.59. The summed E-state index contributed by atoms with van der Waals surface area (Å²) >= 11 is 3.39. The molecule has 0 heterocycles. The SMILES string of the molecule is COc1ccc(CC(O)c2ccccc2F)cc1Br. The Balaban J connectivity index is 2.17. The molecular weight excluding hydrogens is 311 g/mol. The van der Waals surface area contributed by atoms with Crippen LogP contribution >= 0.6 is 15.9 Å². The third-order valence-corrected chi connectivity index (χ3v) is 3.53. The van der Waals surface area contributed by atoms with Crippen molar-refractivity contribution >= 4 is 15.9 Å². The highest BCUT2D eigenvalue weighted by Gasteiger charge is 2.13. The van der Waals surface area contributed by atoms with E-state index in [-0.39, 0.29) is 5.82 Å². The molecule has 0 bridgehead atoms. The van der Waals surface area contributed by atoms with Gasteiger partial charge in [-0.15, -0.1) is 0 Å². The molecule has 2 nitrogen and oxygen atoms in total. The average Bonchev–Trinajstić information content (AvgIpc) is 2.39. The van der Waals surface area contributed by atoms with E-state index in [1.807, 2.05) is 18.2 Å². The molecule has 2 aromatic rings. The number of ether oxygens (including phenoxy) is 1. The summed E-state index contributed by atoms with van der Waals surface area (Å²) in [4.78, 5) is 0. The first-order valence-corrected chi connectivity index (χ1v) is 6.66. The van der Waals surface area contributed by atoms with Gasteiger partial charge < -0.3 is 9.84 Å². The maximum atomic E-state index is 13.6. The van der Waals surface area contributed by atoms with Crippen LogP contribution in [0.15, 0.2) is 46.9 Å². The quantitative estimate of drug-likeness (QED) is 0.925. The molecule has 1 N–H and O–H groups in total. The van der Waals surface area contributed by atoms with Crippen LogP contribution in [0.25, 0.3) is 0 Å². The van der Waals surface area contributed by atoms with Crippen LogP contribution in [0.3, 0.4) is 0 Å². The number of benzene rings is 2. The number of halogens is 2. The molecule has 0 amide bonds. The van der Waals surface area contributed by atoms with E-state index in [4.69, 9.17) is 4.74 Å². The highest BCUT2D eigenvalue weighted by Crippen LogP contribution is 2.28. The lowest BCUT2D eigenvalue weighted by atomic mass is 10.0. The first-order valence-electron chi connectivity index (χ1n) is 5.86. The predicted octanol–water partition coefficient (Wildman–Crippen LogP) is 3.87. The van der Waals surface area contributed by atoms with Crippen LogP contribution in [-0.2, 0) is 6.42 Å². The molecule has 0 aliphatic heterocycles. The number of methoxy groups -OCH3 is 1. The lowest BCUT2D eigenvalue weighted by Gasteiger charge is -2.13. The summed E-state index contributed by atoms with van der Waals surface area (Å²) in [6, 6.07) is 11.8. The second kappa shape index (κ2) is 6.17. The minimum Gasteiger partial charge on any atom is -0.496 e. The van der Waals surface area contributed by atoms with E-state index >= 15 is 0 Å². The van der Waals surface area contributed by atoms with Crippen molar-refractivity contribution in [3.8, 4) is 5.75 Å². The van der Waals surface area contributed by atoms with Crippen molar-refractivity contribution in [3.05, 3.63) is 63.9 Å². The molecule has 1 unspecified atom stereocenters. The van der Waals surface area contributed by atoms with E-state index < -0.39 is 6.10 Å². The molecule has 0 fully saturated rings. The van der Waals surface area contributed by atoms with Gasteiger partial charge >= 0.3 is 0 Å². The van der Waals surface area contributed by atoms with Crippen molar-refractivity contribution in [1.29, 1.82) is 0 Å². The first kappa shape index (κ1) is 14.0. The Morgan fingerprint density at radius 2 is 2.00 bits per heavy atom. The molecule has 19 heavy (non-hydrogen) atoms. The largest absolute Gasteiger partial charge is 0.496 e. The van der Waals surface area contributed by atoms with Crippen LogP contribution in [0.5, 0.6) is 5.75 Å². The molecule has 0 aliphatic rings. The van der Waals surface area contributed by atoms with E-state index in [0.29, 0.717) is 12.0 Å². The van der Waals surface area contributed by atoms with E-state index in [0.717, 1.165) is 15.8 Å². The van der Waals surface area contributed by atoms with Gasteiger partial charge in [-0.2, -0.15) is 0 Å². The molecule has 0 spiro atoms. The van der Waals surface area contributed by atoms with Crippen molar-refractivity contribution in [1.82, 2.24) is 0 Å². The van der Waals surface area contributed by atoms with Crippen LogP contribution in [-0.4, -0.2) is 12.2 Å². The fourth-order valence-corrected chi connectivity index (χ4v) is 2.50. The van der Waals surface area contributed by atoms with Gasteiger partial charge in [0.1, 0.15) is 11.6 Å². The van der Waals surface area contributed by atoms with Gasteiger partial charge in [0.15, 0.2) is 0 Å². The highest BCUT2D eigenvalue weighted by atomic mass is 79.9. The van der Waals surface area contributed by atoms with Gasteiger partial charge in [0.2, 0.25) is 0 Å². The number of rotatable bonds is 4. The molecule has 0 aliphatic carbocycles. The smallest absolute Gasteiger partial charge is 0.133 e. The molecule has 100 valence electrons. The molecule has 1 atom stereocenters. The van der Waals surface area contributed by atoms with Gasteiger partial charge in [0.25, 0.3) is 0 Å². The normalized spacial score (nSPS) is 12.2. The Hall–Kier alpha value is -1.39. The van der Waals surface area contributed by atoms with E-state index in [1.165, 1.54) is 6.07 Å². The summed E-state index contributed by atoms with van der Waals surface area (Å²) in [5, 5.41) is 10.1. The van der Waals surface area contributed by atoms with Crippen molar-refractivity contribution in [2.45, 2.75) is 12.5 Å². The minimum atomic E-state index is -0.860. The molecule has 4 heteroatoms. The third kappa shape index (κ3) is 3.33. The number of aliphatic hydroxyl groups is 1. The molecule has 0 aromatic heterocycles. The molecule has 0 saturated heterocycles. The summed E-state index contributed by atoms with van der Waals surface area (Å²) in [6.45, 7) is 0. The Bertz CT molecular complexity index is 572. The highest BCUT2D eigenvalue weighted by molar-refractivity contribution is 9.10. The Morgan fingerprint density at radius 1 is 1.26 bits per heavy atom. The Morgan fingerprint density at radius 3 is 2.63 bits per heavy atom. The molecule has 2 rings (SSSR count). The zero-order valence-electron chi connectivity index (χ0n) is 10.4. The van der Waals surface area contributed by atoms with Gasteiger partial charge in [-0.05, 0) is 39.7 Å². The van der Waals surface area contributed by atoms with Crippen LogP contribution in [0, 0.1) is 5.82 Å². The van der Waals surface area contributed by atoms with E-state index in [2.05, 4.69) is 15.9 Å². The summed E-state index contributed by atoms with van der Waals surface area (Å²) < 4.78 is 19.5. The molecular formula is C15H14BrFO2.